The van der Waals surface area contributed by atoms with E-state index in [1.54, 1.807) is 6.20 Å². The van der Waals surface area contributed by atoms with Crippen molar-refractivity contribution in [3.05, 3.63) is 46.5 Å². The van der Waals surface area contributed by atoms with E-state index in [-0.39, 0.29) is 12.5 Å². The van der Waals surface area contributed by atoms with Crippen LogP contribution in [0.5, 0.6) is 5.75 Å². The molecule has 2 heterocycles. The van der Waals surface area contributed by atoms with Gasteiger partial charge in [0.1, 0.15) is 30.3 Å². The predicted molar refractivity (Wildman–Crippen MR) is 113 cm³/mol. The maximum absolute atomic E-state index is 12.7. The molecule has 3 rings (SSSR count). The standard InChI is InChI=1S/C22H30ClN3O3/c1-4-19-24-8-11-26(19)14-20(27)25-9-5-6-22(28,7-10-25)15-29-18-12-16(2)21(23)17(3)13-18/h8,11-13,28H,4-7,9-10,14-15H2,1-3H3. The zero-order valence-electron chi connectivity index (χ0n) is 17.4. The summed E-state index contributed by atoms with van der Waals surface area (Å²) in [4.78, 5) is 18.8. The number of aromatic nitrogens is 2. The van der Waals surface area contributed by atoms with Crippen LogP contribution in [0.1, 0.15) is 43.1 Å². The summed E-state index contributed by atoms with van der Waals surface area (Å²) in [5.74, 6) is 1.68. The second-order valence-corrected chi connectivity index (χ2v) is 8.32. The fourth-order valence-corrected chi connectivity index (χ4v) is 3.93. The molecule has 0 radical (unpaired) electrons. The van der Waals surface area contributed by atoms with Gasteiger partial charge in [0, 0.05) is 36.9 Å². The van der Waals surface area contributed by atoms with E-state index in [9.17, 15) is 9.90 Å². The Morgan fingerprint density at radius 1 is 1.28 bits per heavy atom. The van der Waals surface area contributed by atoms with Gasteiger partial charge in [-0.3, -0.25) is 4.79 Å². The topological polar surface area (TPSA) is 67.6 Å². The van der Waals surface area contributed by atoms with E-state index in [4.69, 9.17) is 16.3 Å². The van der Waals surface area contributed by atoms with Gasteiger partial charge in [-0.15, -0.1) is 0 Å². The molecule has 1 unspecified atom stereocenters. The monoisotopic (exact) mass is 419 g/mol. The van der Waals surface area contributed by atoms with Crippen LogP contribution in [0.25, 0.3) is 0 Å². The highest BCUT2D eigenvalue weighted by molar-refractivity contribution is 6.32. The maximum atomic E-state index is 12.7. The van der Waals surface area contributed by atoms with Crippen molar-refractivity contribution >= 4 is 17.5 Å². The number of carbonyl (C=O) groups is 1. The highest BCUT2D eigenvalue weighted by Gasteiger charge is 2.32. The minimum absolute atomic E-state index is 0.0619. The van der Waals surface area contributed by atoms with Crippen molar-refractivity contribution in [2.45, 2.75) is 58.6 Å². The van der Waals surface area contributed by atoms with E-state index < -0.39 is 5.60 Å². The van der Waals surface area contributed by atoms with Gasteiger partial charge in [0.15, 0.2) is 0 Å². The molecule has 6 nitrogen and oxygen atoms in total. The van der Waals surface area contributed by atoms with Gasteiger partial charge in [-0.2, -0.15) is 0 Å². The lowest BCUT2D eigenvalue weighted by Gasteiger charge is -2.27. The number of amides is 1. The third-order valence-electron chi connectivity index (χ3n) is 5.61. The van der Waals surface area contributed by atoms with E-state index in [2.05, 4.69) is 4.98 Å². The van der Waals surface area contributed by atoms with Crippen molar-refractivity contribution < 1.29 is 14.6 Å². The van der Waals surface area contributed by atoms with Crippen LogP contribution >= 0.6 is 11.6 Å². The number of benzene rings is 1. The van der Waals surface area contributed by atoms with Gasteiger partial charge < -0.3 is 19.3 Å². The van der Waals surface area contributed by atoms with E-state index in [0.717, 1.165) is 34.8 Å². The summed E-state index contributed by atoms with van der Waals surface area (Å²) in [6.07, 6.45) is 6.21. The van der Waals surface area contributed by atoms with Crippen molar-refractivity contribution in [2.75, 3.05) is 19.7 Å². The molecule has 2 aromatic rings. The summed E-state index contributed by atoms with van der Waals surface area (Å²) in [6.45, 7) is 7.58. The minimum Gasteiger partial charge on any atom is -0.491 e. The fourth-order valence-electron chi connectivity index (χ4n) is 3.82. The van der Waals surface area contributed by atoms with E-state index in [1.165, 1.54) is 0 Å². The summed E-state index contributed by atoms with van der Waals surface area (Å²) in [5.41, 5.74) is 0.967. The van der Waals surface area contributed by atoms with Crippen LogP contribution in [0.4, 0.5) is 0 Å². The summed E-state index contributed by atoms with van der Waals surface area (Å²) in [5, 5.41) is 11.8. The number of imidazole rings is 1. The highest BCUT2D eigenvalue weighted by atomic mass is 35.5. The molecule has 0 bridgehead atoms. The molecule has 1 fully saturated rings. The van der Waals surface area contributed by atoms with Gasteiger partial charge in [-0.1, -0.05) is 18.5 Å². The number of rotatable bonds is 6. The second kappa shape index (κ2) is 9.18. The predicted octanol–water partition coefficient (Wildman–Crippen LogP) is 3.54. The first-order chi connectivity index (χ1) is 13.8. The van der Waals surface area contributed by atoms with Crippen molar-refractivity contribution in [3.63, 3.8) is 0 Å². The lowest BCUT2D eigenvalue weighted by Crippen LogP contribution is -2.39. The molecular formula is C22H30ClN3O3. The molecule has 0 spiro atoms. The molecule has 0 aliphatic carbocycles. The molecule has 158 valence electrons. The third kappa shape index (κ3) is 5.31. The van der Waals surface area contributed by atoms with Crippen LogP contribution in [0.15, 0.2) is 24.5 Å². The van der Waals surface area contributed by atoms with Crippen LogP contribution in [0.2, 0.25) is 5.02 Å². The molecule has 1 amide bonds. The van der Waals surface area contributed by atoms with E-state index >= 15 is 0 Å². The Morgan fingerprint density at radius 2 is 2.00 bits per heavy atom. The van der Waals surface area contributed by atoms with Crippen LogP contribution in [0.3, 0.4) is 0 Å². The number of hydrogen-bond acceptors (Lipinski definition) is 4. The largest absolute Gasteiger partial charge is 0.491 e. The molecular weight excluding hydrogens is 390 g/mol. The number of nitrogens with zero attached hydrogens (tertiary/aromatic N) is 3. The van der Waals surface area contributed by atoms with Gasteiger partial charge in [0.05, 0.1) is 0 Å². The Bertz CT molecular complexity index is 844. The van der Waals surface area contributed by atoms with Gasteiger partial charge in [0.2, 0.25) is 5.91 Å². The normalized spacial score (nSPS) is 19.8. The van der Waals surface area contributed by atoms with E-state index in [1.807, 2.05) is 48.6 Å². The zero-order valence-corrected chi connectivity index (χ0v) is 18.2. The number of aryl methyl sites for hydroxylation is 3. The Labute approximate surface area is 177 Å². The molecule has 7 heteroatoms. The zero-order chi connectivity index (χ0) is 21.0. The quantitative estimate of drug-likeness (QED) is 0.777. The third-order valence-corrected chi connectivity index (χ3v) is 6.21. The Hall–Kier alpha value is -2.05. The van der Waals surface area contributed by atoms with Gasteiger partial charge in [-0.25, -0.2) is 4.98 Å². The molecule has 1 aromatic carbocycles. The SMILES string of the molecule is CCc1nccn1CC(=O)N1CCCC(O)(COc2cc(C)c(Cl)c(C)c2)CC1. The average Bonchev–Trinajstić information content (AvgIpc) is 3.04. The van der Waals surface area contributed by atoms with Crippen LogP contribution < -0.4 is 4.74 Å². The summed E-state index contributed by atoms with van der Waals surface area (Å²) in [6, 6.07) is 3.78. The Kier molecular flexibility index (Phi) is 6.85. The van der Waals surface area contributed by atoms with Gasteiger partial charge in [0.25, 0.3) is 0 Å². The molecule has 1 aliphatic heterocycles. The van der Waals surface area contributed by atoms with Crippen LogP contribution in [0, 0.1) is 13.8 Å². The molecule has 1 atom stereocenters. The average molecular weight is 420 g/mol. The molecule has 29 heavy (non-hydrogen) atoms. The number of aliphatic hydroxyl groups is 1. The summed E-state index contributed by atoms with van der Waals surface area (Å²) < 4.78 is 7.80. The van der Waals surface area contributed by atoms with E-state index in [0.29, 0.717) is 38.2 Å². The Morgan fingerprint density at radius 3 is 2.69 bits per heavy atom. The number of ether oxygens (including phenoxy) is 1. The molecule has 0 saturated carbocycles. The van der Waals surface area contributed by atoms with Gasteiger partial charge in [-0.05, 0) is 56.4 Å². The minimum atomic E-state index is -0.944. The van der Waals surface area contributed by atoms with Crippen molar-refractivity contribution in [3.8, 4) is 5.75 Å². The first kappa shape index (κ1) is 21.7. The molecule has 1 aliphatic rings. The Balaban J connectivity index is 1.57. The van der Waals surface area contributed by atoms with Crippen LogP contribution in [-0.4, -0.2) is 50.8 Å². The summed E-state index contributed by atoms with van der Waals surface area (Å²) in [7, 11) is 0. The second-order valence-electron chi connectivity index (χ2n) is 7.94. The highest BCUT2D eigenvalue weighted by Crippen LogP contribution is 2.28. The first-order valence-electron chi connectivity index (χ1n) is 10.2. The lowest BCUT2D eigenvalue weighted by molar-refractivity contribution is -0.132. The summed E-state index contributed by atoms with van der Waals surface area (Å²) >= 11 is 6.21. The fraction of sp³-hybridized carbons (Fsp3) is 0.545. The number of carbonyl (C=O) groups excluding carboxylic acids is 1. The molecule has 1 N–H and O–H groups in total. The maximum Gasteiger partial charge on any atom is 0.242 e. The van der Waals surface area contributed by atoms with Crippen molar-refractivity contribution in [1.29, 1.82) is 0 Å². The molecule has 1 saturated heterocycles. The smallest absolute Gasteiger partial charge is 0.242 e. The number of hydrogen-bond donors (Lipinski definition) is 1. The van der Waals surface area contributed by atoms with Crippen molar-refractivity contribution in [1.82, 2.24) is 14.5 Å². The first-order valence-corrected chi connectivity index (χ1v) is 10.6. The van der Waals surface area contributed by atoms with Crippen LogP contribution in [-0.2, 0) is 17.8 Å². The number of likely N-dealkylation sites (tertiary alicyclic amines) is 1. The number of halogens is 1. The van der Waals surface area contributed by atoms with Gasteiger partial charge >= 0.3 is 0 Å². The molecule has 1 aromatic heterocycles. The lowest BCUT2D eigenvalue weighted by atomic mass is 9.96. The van der Waals surface area contributed by atoms with Crippen molar-refractivity contribution in [2.24, 2.45) is 0 Å².